The Labute approximate surface area is 173 Å². The molecule has 0 N–H and O–H groups in total. The summed E-state index contributed by atoms with van der Waals surface area (Å²) in [6, 6.07) is 13.0. The molecular weight excluding hydrogens is 403 g/mol. The lowest BCUT2D eigenvalue weighted by atomic mass is 9.91. The number of carbonyl (C=O) groups is 1. The molecular formula is C22H23ClF3NO2. The molecule has 1 unspecified atom stereocenters. The van der Waals surface area contributed by atoms with Gasteiger partial charge >= 0.3 is 6.36 Å². The van der Waals surface area contributed by atoms with Crippen LogP contribution >= 0.6 is 11.6 Å². The van der Waals surface area contributed by atoms with E-state index in [1.165, 1.54) is 12.1 Å². The normalized spacial score (nSPS) is 17.9. The van der Waals surface area contributed by atoms with Gasteiger partial charge in [-0.3, -0.25) is 9.69 Å². The highest BCUT2D eigenvalue weighted by Crippen LogP contribution is 2.25. The maximum atomic E-state index is 12.5. The Bertz CT molecular complexity index is 806. The zero-order valence-electron chi connectivity index (χ0n) is 15.9. The molecule has 1 heterocycles. The molecule has 0 spiro atoms. The average Bonchev–Trinajstić information content (AvgIpc) is 2.67. The van der Waals surface area contributed by atoms with Crippen molar-refractivity contribution in [3.8, 4) is 5.75 Å². The average molecular weight is 426 g/mol. The van der Waals surface area contributed by atoms with Gasteiger partial charge in [0, 0.05) is 17.1 Å². The van der Waals surface area contributed by atoms with Gasteiger partial charge in [0.05, 0.1) is 6.54 Å². The second kappa shape index (κ2) is 9.63. The number of hydrogen-bond acceptors (Lipinski definition) is 3. The van der Waals surface area contributed by atoms with E-state index in [4.69, 9.17) is 11.6 Å². The van der Waals surface area contributed by atoms with Crippen molar-refractivity contribution in [2.24, 2.45) is 5.92 Å². The third-order valence-corrected chi connectivity index (χ3v) is 5.39. The fourth-order valence-corrected chi connectivity index (χ4v) is 3.82. The van der Waals surface area contributed by atoms with E-state index in [9.17, 15) is 18.0 Å². The summed E-state index contributed by atoms with van der Waals surface area (Å²) < 4.78 is 40.6. The molecule has 0 bridgehead atoms. The lowest BCUT2D eigenvalue weighted by Gasteiger charge is -2.32. The summed E-state index contributed by atoms with van der Waals surface area (Å²) in [5, 5.41) is 0.609. The number of rotatable bonds is 7. The fraction of sp³-hybridized carbons (Fsp3) is 0.409. The number of carbonyl (C=O) groups excluding carboxylic acids is 1. The molecule has 1 aliphatic rings. The monoisotopic (exact) mass is 425 g/mol. The van der Waals surface area contributed by atoms with Crippen molar-refractivity contribution in [3.63, 3.8) is 0 Å². The summed E-state index contributed by atoms with van der Waals surface area (Å²) in [5.74, 6) is 0.348. The Morgan fingerprint density at radius 2 is 1.79 bits per heavy atom. The van der Waals surface area contributed by atoms with Crippen LogP contribution in [0.4, 0.5) is 13.2 Å². The predicted molar refractivity (Wildman–Crippen MR) is 106 cm³/mol. The van der Waals surface area contributed by atoms with E-state index in [2.05, 4.69) is 9.64 Å². The molecule has 3 nitrogen and oxygen atoms in total. The lowest BCUT2D eigenvalue weighted by Crippen LogP contribution is -2.39. The topological polar surface area (TPSA) is 29.5 Å². The van der Waals surface area contributed by atoms with Crippen LogP contribution in [0.3, 0.4) is 0 Å². The second-order valence-electron chi connectivity index (χ2n) is 7.40. The molecule has 29 heavy (non-hydrogen) atoms. The predicted octanol–water partition coefficient (Wildman–Crippen LogP) is 5.77. The molecule has 1 aliphatic heterocycles. The third-order valence-electron chi connectivity index (χ3n) is 5.13. The first kappa shape index (κ1) is 21.7. The van der Waals surface area contributed by atoms with Crippen LogP contribution in [0.15, 0.2) is 48.5 Å². The highest BCUT2D eigenvalue weighted by molar-refractivity contribution is 6.30. The van der Waals surface area contributed by atoms with Gasteiger partial charge in [-0.25, -0.2) is 0 Å². The number of ether oxygens (including phenoxy) is 1. The summed E-state index contributed by atoms with van der Waals surface area (Å²) in [7, 11) is 0. The first-order valence-corrected chi connectivity index (χ1v) is 10.0. The Kier molecular flexibility index (Phi) is 7.19. The van der Waals surface area contributed by atoms with Crippen molar-refractivity contribution in [2.75, 3.05) is 19.6 Å². The molecule has 156 valence electrons. The van der Waals surface area contributed by atoms with Crippen LogP contribution < -0.4 is 4.74 Å². The molecule has 7 heteroatoms. The smallest absolute Gasteiger partial charge is 0.406 e. The van der Waals surface area contributed by atoms with E-state index in [0.29, 0.717) is 23.0 Å². The number of nitrogens with zero attached hydrogens (tertiary/aromatic N) is 1. The summed E-state index contributed by atoms with van der Waals surface area (Å²) in [6.45, 7) is 2.15. The summed E-state index contributed by atoms with van der Waals surface area (Å²) >= 11 is 5.87. The van der Waals surface area contributed by atoms with Gasteiger partial charge in [0.2, 0.25) is 0 Å². The zero-order valence-corrected chi connectivity index (χ0v) is 16.7. The molecule has 2 aromatic carbocycles. The van der Waals surface area contributed by atoms with Crippen LogP contribution in [0, 0.1) is 5.92 Å². The fourth-order valence-electron chi connectivity index (χ4n) is 3.69. The molecule has 1 atom stereocenters. The number of halogens is 4. The molecule has 0 radical (unpaired) electrons. The van der Waals surface area contributed by atoms with Crippen molar-refractivity contribution < 1.29 is 22.7 Å². The van der Waals surface area contributed by atoms with E-state index in [-0.39, 0.29) is 11.5 Å². The maximum absolute atomic E-state index is 12.5. The number of likely N-dealkylation sites (tertiary alicyclic amines) is 1. The lowest BCUT2D eigenvalue weighted by molar-refractivity contribution is -0.274. The first-order chi connectivity index (χ1) is 13.8. The molecule has 0 amide bonds. The first-order valence-electron chi connectivity index (χ1n) is 9.64. The van der Waals surface area contributed by atoms with Crippen LogP contribution in [-0.2, 0) is 6.42 Å². The Morgan fingerprint density at radius 1 is 1.10 bits per heavy atom. The Morgan fingerprint density at radius 3 is 2.45 bits per heavy atom. The van der Waals surface area contributed by atoms with Crippen LogP contribution in [0.2, 0.25) is 5.02 Å². The van der Waals surface area contributed by atoms with Crippen LogP contribution in [-0.4, -0.2) is 36.7 Å². The van der Waals surface area contributed by atoms with E-state index in [1.54, 1.807) is 36.4 Å². The maximum Gasteiger partial charge on any atom is 0.573 e. The Balaban J connectivity index is 1.47. The number of benzene rings is 2. The van der Waals surface area contributed by atoms with E-state index in [1.807, 2.05) is 0 Å². The van der Waals surface area contributed by atoms with E-state index >= 15 is 0 Å². The quantitative estimate of drug-likeness (QED) is 0.528. The standard InChI is InChI=1S/C22H23ClF3NO2/c23-19-9-7-18(8-10-19)21(28)15-27-13-1-2-17(14-27)4-3-16-5-11-20(12-6-16)29-22(24,25)26/h5-12,17H,1-4,13-15H2. The second-order valence-corrected chi connectivity index (χ2v) is 7.84. The minimum absolute atomic E-state index is 0.0857. The number of hydrogen-bond donors (Lipinski definition) is 0. The molecule has 2 aromatic rings. The van der Waals surface area contributed by atoms with Gasteiger partial charge < -0.3 is 4.74 Å². The Hall–Kier alpha value is -2.05. The molecule has 1 fully saturated rings. The van der Waals surface area contributed by atoms with Gasteiger partial charge in [0.1, 0.15) is 5.75 Å². The number of ketones is 1. The van der Waals surface area contributed by atoms with Gasteiger partial charge in [-0.15, -0.1) is 13.2 Å². The highest BCUT2D eigenvalue weighted by atomic mass is 35.5. The molecule has 0 aliphatic carbocycles. The van der Waals surface area contributed by atoms with Crippen LogP contribution in [0.1, 0.15) is 35.2 Å². The zero-order chi connectivity index (χ0) is 20.9. The minimum Gasteiger partial charge on any atom is -0.406 e. The van der Waals surface area contributed by atoms with Gasteiger partial charge in [-0.05, 0) is 80.1 Å². The van der Waals surface area contributed by atoms with Gasteiger partial charge in [0.15, 0.2) is 5.78 Å². The van der Waals surface area contributed by atoms with Gasteiger partial charge in [0.25, 0.3) is 0 Å². The van der Waals surface area contributed by atoms with Crippen molar-refractivity contribution in [1.82, 2.24) is 4.90 Å². The third kappa shape index (κ3) is 7.05. The minimum atomic E-state index is -4.67. The van der Waals surface area contributed by atoms with Gasteiger partial charge in [-0.1, -0.05) is 23.7 Å². The SMILES string of the molecule is O=C(CN1CCCC(CCc2ccc(OC(F)(F)F)cc2)C1)c1ccc(Cl)cc1. The number of aryl methyl sites for hydroxylation is 1. The van der Waals surface area contributed by atoms with E-state index in [0.717, 1.165) is 44.3 Å². The largest absolute Gasteiger partial charge is 0.573 e. The number of Topliss-reactive ketones (excluding diaryl/α,β-unsaturated/α-hetero) is 1. The van der Waals surface area contributed by atoms with Crippen LogP contribution in [0.25, 0.3) is 0 Å². The summed E-state index contributed by atoms with van der Waals surface area (Å²) in [4.78, 5) is 14.7. The molecule has 0 aromatic heterocycles. The summed E-state index contributed by atoms with van der Waals surface area (Å²) in [6.07, 6.45) is -0.810. The number of alkyl halides is 3. The van der Waals surface area contributed by atoms with E-state index < -0.39 is 6.36 Å². The highest BCUT2D eigenvalue weighted by Gasteiger charge is 2.31. The molecule has 1 saturated heterocycles. The number of piperidine rings is 1. The molecule has 3 rings (SSSR count). The van der Waals surface area contributed by atoms with Crippen molar-refractivity contribution >= 4 is 17.4 Å². The van der Waals surface area contributed by atoms with Crippen molar-refractivity contribution in [2.45, 2.75) is 32.0 Å². The van der Waals surface area contributed by atoms with Crippen LogP contribution in [0.5, 0.6) is 5.75 Å². The van der Waals surface area contributed by atoms with Gasteiger partial charge in [-0.2, -0.15) is 0 Å². The molecule has 0 saturated carbocycles. The summed E-state index contributed by atoms with van der Waals surface area (Å²) in [5.41, 5.74) is 1.64. The van der Waals surface area contributed by atoms with Crippen molar-refractivity contribution in [1.29, 1.82) is 0 Å². The van der Waals surface area contributed by atoms with Crippen molar-refractivity contribution in [3.05, 3.63) is 64.7 Å².